The van der Waals surface area contributed by atoms with Crippen LogP contribution in [0.3, 0.4) is 0 Å². The third-order valence-electron chi connectivity index (χ3n) is 4.66. The van der Waals surface area contributed by atoms with E-state index in [9.17, 15) is 4.79 Å². The molecular weight excluding hydrogens is 270 g/mol. The Kier molecular flexibility index (Phi) is 4.28. The van der Waals surface area contributed by atoms with Gasteiger partial charge in [0.2, 0.25) is 0 Å². The number of anilines is 1. The molecule has 0 aliphatic heterocycles. The highest BCUT2D eigenvalue weighted by atomic mass is 16.1. The second kappa shape index (κ2) is 6.35. The first kappa shape index (κ1) is 14.8. The maximum Gasteiger partial charge on any atom is 0.158 e. The molecule has 1 aliphatic carbocycles. The molecule has 0 saturated heterocycles. The van der Waals surface area contributed by atoms with E-state index in [4.69, 9.17) is 0 Å². The number of nitrogens with one attached hydrogen (secondary N) is 1. The molecule has 0 spiro atoms. The van der Waals surface area contributed by atoms with E-state index in [-0.39, 0.29) is 0 Å². The van der Waals surface area contributed by atoms with Gasteiger partial charge in [-0.2, -0.15) is 0 Å². The quantitative estimate of drug-likeness (QED) is 0.897. The number of para-hydroxylation sites is 1. The number of rotatable bonds is 4. The van der Waals surface area contributed by atoms with Crippen LogP contribution < -0.4 is 5.32 Å². The van der Waals surface area contributed by atoms with Gasteiger partial charge in [-0.3, -0.25) is 4.79 Å². The molecule has 0 radical (unpaired) electrons. The summed E-state index contributed by atoms with van der Waals surface area (Å²) in [5, 5.41) is 3.61. The Morgan fingerprint density at radius 2 is 1.73 bits per heavy atom. The van der Waals surface area contributed by atoms with Crippen LogP contribution in [0.5, 0.6) is 0 Å². The molecule has 0 amide bonds. The largest absolute Gasteiger partial charge is 0.372 e. The van der Waals surface area contributed by atoms with Crippen molar-refractivity contribution in [2.75, 3.05) is 5.32 Å². The summed E-state index contributed by atoms with van der Waals surface area (Å²) in [6.07, 6.45) is 4.49. The van der Waals surface area contributed by atoms with Gasteiger partial charge in [0.25, 0.3) is 0 Å². The van der Waals surface area contributed by atoms with Gasteiger partial charge in [-0.1, -0.05) is 55.0 Å². The van der Waals surface area contributed by atoms with Crippen molar-refractivity contribution in [2.24, 2.45) is 0 Å². The fourth-order valence-corrected chi connectivity index (χ4v) is 3.37. The highest BCUT2D eigenvalue weighted by Crippen LogP contribution is 2.33. The minimum atomic E-state index is -0.453. The maximum atomic E-state index is 12.8. The van der Waals surface area contributed by atoms with Crippen LogP contribution in [-0.2, 0) is 11.2 Å². The SMILES string of the molecule is Cc1ccccc1NC1(Cc2ccccc2)CCCCC1=O. The number of Topliss-reactive ketones (excluding diaryl/α,β-unsaturated/α-hetero) is 1. The summed E-state index contributed by atoms with van der Waals surface area (Å²) in [6, 6.07) is 18.6. The fourth-order valence-electron chi connectivity index (χ4n) is 3.37. The van der Waals surface area contributed by atoms with E-state index in [0.29, 0.717) is 12.2 Å². The van der Waals surface area contributed by atoms with Gasteiger partial charge in [-0.15, -0.1) is 0 Å². The first-order valence-electron chi connectivity index (χ1n) is 8.11. The van der Waals surface area contributed by atoms with E-state index in [1.165, 1.54) is 11.1 Å². The van der Waals surface area contributed by atoms with Gasteiger partial charge < -0.3 is 5.32 Å². The molecule has 2 heteroatoms. The van der Waals surface area contributed by atoms with Crippen LogP contribution in [0.4, 0.5) is 5.69 Å². The molecule has 1 atom stereocenters. The Hall–Kier alpha value is -2.09. The highest BCUT2D eigenvalue weighted by Gasteiger charge is 2.39. The van der Waals surface area contributed by atoms with Gasteiger partial charge in [0.05, 0.1) is 0 Å². The smallest absolute Gasteiger partial charge is 0.158 e. The number of benzene rings is 2. The van der Waals surface area contributed by atoms with Crippen LogP contribution in [0.25, 0.3) is 0 Å². The highest BCUT2D eigenvalue weighted by molar-refractivity contribution is 5.92. The summed E-state index contributed by atoms with van der Waals surface area (Å²) < 4.78 is 0. The lowest BCUT2D eigenvalue weighted by molar-refractivity contribution is -0.125. The number of ketones is 1. The number of carbonyl (C=O) groups is 1. The lowest BCUT2D eigenvalue weighted by Crippen LogP contribution is -2.50. The fraction of sp³-hybridized carbons (Fsp3) is 0.350. The average molecular weight is 293 g/mol. The van der Waals surface area contributed by atoms with Crippen molar-refractivity contribution in [3.63, 3.8) is 0 Å². The summed E-state index contributed by atoms with van der Waals surface area (Å²) in [5.74, 6) is 0.353. The third-order valence-corrected chi connectivity index (χ3v) is 4.66. The van der Waals surface area contributed by atoms with E-state index in [0.717, 1.165) is 31.4 Å². The molecule has 1 fully saturated rings. The molecule has 2 nitrogen and oxygen atoms in total. The van der Waals surface area contributed by atoms with Gasteiger partial charge in [-0.05, 0) is 37.0 Å². The minimum Gasteiger partial charge on any atom is -0.372 e. The van der Waals surface area contributed by atoms with Crippen LogP contribution in [0.2, 0.25) is 0 Å². The van der Waals surface area contributed by atoms with Crippen molar-refractivity contribution in [1.82, 2.24) is 0 Å². The molecule has 3 rings (SSSR count). The molecule has 0 aromatic heterocycles. The van der Waals surface area contributed by atoms with Gasteiger partial charge in [0, 0.05) is 18.5 Å². The normalized spacial score (nSPS) is 21.6. The van der Waals surface area contributed by atoms with Crippen molar-refractivity contribution in [3.05, 3.63) is 65.7 Å². The topological polar surface area (TPSA) is 29.1 Å². The Labute approximate surface area is 132 Å². The van der Waals surface area contributed by atoms with Gasteiger partial charge >= 0.3 is 0 Å². The van der Waals surface area contributed by atoms with E-state index >= 15 is 0 Å². The second-order valence-corrected chi connectivity index (χ2v) is 6.31. The Morgan fingerprint density at radius 3 is 2.45 bits per heavy atom. The van der Waals surface area contributed by atoms with Crippen molar-refractivity contribution in [1.29, 1.82) is 0 Å². The summed E-state index contributed by atoms with van der Waals surface area (Å²) in [7, 11) is 0. The maximum absolute atomic E-state index is 12.8. The Balaban J connectivity index is 1.93. The lowest BCUT2D eigenvalue weighted by Gasteiger charge is -2.38. The summed E-state index contributed by atoms with van der Waals surface area (Å²) in [6.45, 7) is 2.09. The van der Waals surface area contributed by atoms with E-state index in [2.05, 4.69) is 36.5 Å². The zero-order valence-corrected chi connectivity index (χ0v) is 13.1. The molecule has 1 saturated carbocycles. The van der Waals surface area contributed by atoms with Crippen molar-refractivity contribution >= 4 is 11.5 Å². The molecule has 2 aromatic carbocycles. The molecule has 1 aliphatic rings. The molecule has 2 aromatic rings. The van der Waals surface area contributed by atoms with Gasteiger partial charge in [0.15, 0.2) is 5.78 Å². The predicted octanol–water partition coefficient (Wildman–Crippen LogP) is 4.53. The molecule has 0 bridgehead atoms. The van der Waals surface area contributed by atoms with Crippen molar-refractivity contribution < 1.29 is 4.79 Å². The summed E-state index contributed by atoms with van der Waals surface area (Å²) in [5.41, 5.74) is 3.03. The third kappa shape index (κ3) is 3.06. The first-order chi connectivity index (χ1) is 10.7. The monoisotopic (exact) mass is 293 g/mol. The molecular formula is C20H23NO. The Morgan fingerprint density at radius 1 is 1.00 bits per heavy atom. The molecule has 22 heavy (non-hydrogen) atoms. The number of carbonyl (C=O) groups excluding carboxylic acids is 1. The zero-order valence-electron chi connectivity index (χ0n) is 13.1. The van der Waals surface area contributed by atoms with Crippen LogP contribution in [-0.4, -0.2) is 11.3 Å². The van der Waals surface area contributed by atoms with Crippen LogP contribution in [0, 0.1) is 6.92 Å². The van der Waals surface area contributed by atoms with Gasteiger partial charge in [0.1, 0.15) is 5.54 Å². The lowest BCUT2D eigenvalue weighted by atomic mass is 9.76. The van der Waals surface area contributed by atoms with E-state index < -0.39 is 5.54 Å². The number of hydrogen-bond acceptors (Lipinski definition) is 2. The standard InChI is InChI=1S/C20H23NO/c1-16-9-5-6-12-18(16)21-20(14-8-7-13-19(20)22)15-17-10-3-2-4-11-17/h2-6,9-12,21H,7-8,13-15H2,1H3. The van der Waals surface area contributed by atoms with Crippen LogP contribution in [0.1, 0.15) is 36.8 Å². The average Bonchev–Trinajstić information content (AvgIpc) is 2.54. The van der Waals surface area contributed by atoms with Gasteiger partial charge in [-0.25, -0.2) is 0 Å². The minimum absolute atomic E-state index is 0.353. The van der Waals surface area contributed by atoms with E-state index in [1.54, 1.807) is 0 Å². The number of hydrogen-bond donors (Lipinski definition) is 1. The van der Waals surface area contributed by atoms with E-state index in [1.807, 2.05) is 30.3 Å². The Bertz CT molecular complexity index is 650. The van der Waals surface area contributed by atoms with Crippen molar-refractivity contribution in [2.45, 2.75) is 44.6 Å². The zero-order chi connectivity index (χ0) is 15.4. The predicted molar refractivity (Wildman–Crippen MR) is 91.2 cm³/mol. The molecule has 114 valence electrons. The van der Waals surface area contributed by atoms with Crippen LogP contribution in [0.15, 0.2) is 54.6 Å². The molecule has 1 unspecified atom stereocenters. The van der Waals surface area contributed by atoms with Crippen molar-refractivity contribution in [3.8, 4) is 0 Å². The first-order valence-corrected chi connectivity index (χ1v) is 8.11. The summed E-state index contributed by atoms with van der Waals surface area (Å²) in [4.78, 5) is 12.8. The number of aryl methyl sites for hydroxylation is 1. The van der Waals surface area contributed by atoms with Crippen LogP contribution >= 0.6 is 0 Å². The second-order valence-electron chi connectivity index (χ2n) is 6.31. The molecule has 0 heterocycles. The summed E-state index contributed by atoms with van der Waals surface area (Å²) >= 11 is 0. The molecule has 1 N–H and O–H groups in total.